The van der Waals surface area contributed by atoms with Crippen molar-refractivity contribution in [2.24, 2.45) is 0 Å². The lowest BCUT2D eigenvalue weighted by molar-refractivity contribution is -0.116. The summed E-state index contributed by atoms with van der Waals surface area (Å²) in [5.41, 5.74) is 3.58. The monoisotopic (exact) mass is 405 g/mol. The highest BCUT2D eigenvalue weighted by molar-refractivity contribution is 7.12. The Balaban J connectivity index is 1.46. The number of nitrogens with one attached hydrogen (secondary N) is 2. The highest BCUT2D eigenvalue weighted by atomic mass is 32.1. The summed E-state index contributed by atoms with van der Waals surface area (Å²) in [4.78, 5) is 38.9. The van der Waals surface area contributed by atoms with Gasteiger partial charge in [0.1, 0.15) is 0 Å². The van der Waals surface area contributed by atoms with Crippen molar-refractivity contribution in [1.82, 2.24) is 0 Å². The Hall–Kier alpha value is -3.45. The van der Waals surface area contributed by atoms with E-state index in [9.17, 15) is 14.4 Å². The molecular formula is C22H19N3O3S. The maximum absolute atomic E-state index is 12.7. The smallest absolute Gasteiger partial charge is 0.265 e. The minimum absolute atomic E-state index is 0.00219. The highest BCUT2D eigenvalue weighted by Crippen LogP contribution is 2.29. The second-order valence-corrected chi connectivity index (χ2v) is 7.68. The second kappa shape index (κ2) is 7.89. The fourth-order valence-electron chi connectivity index (χ4n) is 3.35. The summed E-state index contributed by atoms with van der Waals surface area (Å²) in [6.45, 7) is 2.18. The van der Waals surface area contributed by atoms with Crippen molar-refractivity contribution in [2.45, 2.75) is 13.3 Å². The molecule has 2 heterocycles. The van der Waals surface area contributed by atoms with Crippen LogP contribution in [0.1, 0.15) is 32.5 Å². The number of rotatable bonds is 4. The first-order chi connectivity index (χ1) is 14.0. The standard InChI is InChI=1S/C22H19N3O3S/c1-14(26)25-10-9-15-12-16(7-8-19(15)25)21(27)23-17-4-2-5-18(13-17)24-22(28)20-6-3-11-29-20/h2-8,11-13H,9-10H2,1H3,(H,23,27)(H,24,28). The van der Waals surface area contributed by atoms with Crippen LogP contribution >= 0.6 is 11.3 Å². The first-order valence-electron chi connectivity index (χ1n) is 9.18. The molecule has 29 heavy (non-hydrogen) atoms. The Morgan fingerprint density at radius 2 is 1.69 bits per heavy atom. The molecule has 0 saturated carbocycles. The minimum atomic E-state index is -0.240. The van der Waals surface area contributed by atoms with E-state index in [1.54, 1.807) is 48.2 Å². The summed E-state index contributed by atoms with van der Waals surface area (Å²) in [5, 5.41) is 7.54. The summed E-state index contributed by atoms with van der Waals surface area (Å²) < 4.78 is 0. The number of amides is 3. The lowest BCUT2D eigenvalue weighted by atomic mass is 10.1. The van der Waals surface area contributed by atoms with Crippen LogP contribution < -0.4 is 15.5 Å². The van der Waals surface area contributed by atoms with E-state index in [0.29, 0.717) is 28.4 Å². The molecule has 1 aromatic heterocycles. The summed E-state index contributed by atoms with van der Waals surface area (Å²) in [5.74, 6) is -0.421. The predicted octanol–water partition coefficient (Wildman–Crippen LogP) is 4.16. The van der Waals surface area contributed by atoms with E-state index >= 15 is 0 Å². The first-order valence-corrected chi connectivity index (χ1v) is 10.1. The number of carbonyl (C=O) groups is 3. The molecule has 0 atom stereocenters. The number of hydrogen-bond donors (Lipinski definition) is 2. The van der Waals surface area contributed by atoms with Gasteiger partial charge in [-0.1, -0.05) is 12.1 Å². The molecule has 1 aliphatic heterocycles. The maximum atomic E-state index is 12.7. The van der Waals surface area contributed by atoms with Gasteiger partial charge in [0.05, 0.1) is 4.88 Å². The van der Waals surface area contributed by atoms with Crippen LogP contribution in [0, 0.1) is 0 Å². The highest BCUT2D eigenvalue weighted by Gasteiger charge is 2.23. The second-order valence-electron chi connectivity index (χ2n) is 6.73. The molecule has 0 spiro atoms. The van der Waals surface area contributed by atoms with E-state index < -0.39 is 0 Å². The largest absolute Gasteiger partial charge is 0.322 e. The molecule has 2 aromatic carbocycles. The fraction of sp³-hybridized carbons (Fsp3) is 0.136. The molecule has 0 bridgehead atoms. The Morgan fingerprint density at radius 3 is 2.38 bits per heavy atom. The molecule has 146 valence electrons. The van der Waals surface area contributed by atoms with Gasteiger partial charge in [-0.2, -0.15) is 0 Å². The van der Waals surface area contributed by atoms with Crippen LogP contribution in [0.15, 0.2) is 60.0 Å². The molecule has 0 fully saturated rings. The average Bonchev–Trinajstić information content (AvgIpc) is 3.37. The number of benzene rings is 2. The van der Waals surface area contributed by atoms with E-state index in [1.165, 1.54) is 11.3 Å². The van der Waals surface area contributed by atoms with Gasteiger partial charge < -0.3 is 15.5 Å². The molecule has 6 nitrogen and oxygen atoms in total. The molecule has 0 radical (unpaired) electrons. The van der Waals surface area contributed by atoms with Gasteiger partial charge in [0.15, 0.2) is 0 Å². The van der Waals surface area contributed by atoms with Gasteiger partial charge in [-0.05, 0) is 59.8 Å². The van der Waals surface area contributed by atoms with Crippen LogP contribution in [-0.2, 0) is 11.2 Å². The van der Waals surface area contributed by atoms with Crippen molar-refractivity contribution < 1.29 is 14.4 Å². The molecular weight excluding hydrogens is 386 g/mol. The van der Waals surface area contributed by atoms with Crippen LogP contribution in [-0.4, -0.2) is 24.3 Å². The Kier molecular flexibility index (Phi) is 5.14. The van der Waals surface area contributed by atoms with E-state index in [2.05, 4.69) is 10.6 Å². The molecule has 3 amide bonds. The Morgan fingerprint density at radius 1 is 0.931 bits per heavy atom. The first kappa shape index (κ1) is 18.9. The summed E-state index contributed by atoms with van der Waals surface area (Å²) in [6, 6.07) is 16.0. The SMILES string of the molecule is CC(=O)N1CCc2cc(C(=O)Nc3cccc(NC(=O)c4cccs4)c3)ccc21. The van der Waals surface area contributed by atoms with Crippen LogP contribution in [0.2, 0.25) is 0 Å². The quantitative estimate of drug-likeness (QED) is 0.684. The van der Waals surface area contributed by atoms with Gasteiger partial charge in [-0.15, -0.1) is 11.3 Å². The number of nitrogens with zero attached hydrogens (tertiary/aromatic N) is 1. The van der Waals surface area contributed by atoms with Gasteiger partial charge in [0.25, 0.3) is 11.8 Å². The predicted molar refractivity (Wildman–Crippen MR) is 115 cm³/mol. The van der Waals surface area contributed by atoms with Crippen molar-refractivity contribution in [1.29, 1.82) is 0 Å². The van der Waals surface area contributed by atoms with Crippen molar-refractivity contribution in [3.8, 4) is 0 Å². The van der Waals surface area contributed by atoms with E-state index in [4.69, 9.17) is 0 Å². The molecule has 0 unspecified atom stereocenters. The average molecular weight is 405 g/mol. The van der Waals surface area contributed by atoms with Crippen molar-refractivity contribution in [2.75, 3.05) is 22.1 Å². The number of hydrogen-bond acceptors (Lipinski definition) is 4. The van der Waals surface area contributed by atoms with Gasteiger partial charge in [0.2, 0.25) is 5.91 Å². The molecule has 4 rings (SSSR count). The van der Waals surface area contributed by atoms with Crippen molar-refractivity contribution in [3.63, 3.8) is 0 Å². The maximum Gasteiger partial charge on any atom is 0.265 e. The Bertz CT molecular complexity index is 1090. The van der Waals surface area contributed by atoms with Gasteiger partial charge >= 0.3 is 0 Å². The zero-order valence-corrected chi connectivity index (χ0v) is 16.6. The molecule has 1 aliphatic rings. The lowest BCUT2D eigenvalue weighted by Crippen LogP contribution is -2.25. The molecule has 3 aromatic rings. The Labute approximate surface area is 172 Å². The molecule has 0 aliphatic carbocycles. The zero-order chi connectivity index (χ0) is 20.4. The van der Waals surface area contributed by atoms with Gasteiger partial charge in [0, 0.05) is 36.1 Å². The number of fused-ring (bicyclic) bond motifs is 1. The molecule has 2 N–H and O–H groups in total. The summed E-state index contributed by atoms with van der Waals surface area (Å²) in [7, 11) is 0. The minimum Gasteiger partial charge on any atom is -0.322 e. The molecule has 7 heteroatoms. The third-order valence-electron chi connectivity index (χ3n) is 4.74. The summed E-state index contributed by atoms with van der Waals surface area (Å²) >= 11 is 1.37. The van der Waals surface area contributed by atoms with Crippen LogP contribution in [0.4, 0.5) is 17.1 Å². The fourth-order valence-corrected chi connectivity index (χ4v) is 3.97. The van der Waals surface area contributed by atoms with Crippen LogP contribution in [0.3, 0.4) is 0 Å². The zero-order valence-electron chi connectivity index (χ0n) is 15.8. The topological polar surface area (TPSA) is 78.5 Å². The van der Waals surface area contributed by atoms with Crippen molar-refractivity contribution in [3.05, 3.63) is 76.0 Å². The third kappa shape index (κ3) is 4.05. The van der Waals surface area contributed by atoms with E-state index in [-0.39, 0.29) is 17.7 Å². The van der Waals surface area contributed by atoms with E-state index in [0.717, 1.165) is 17.7 Å². The van der Waals surface area contributed by atoms with Crippen molar-refractivity contribution >= 4 is 46.1 Å². The number of carbonyl (C=O) groups excluding carboxylic acids is 3. The number of thiophene rings is 1. The van der Waals surface area contributed by atoms with Crippen LogP contribution in [0.5, 0.6) is 0 Å². The summed E-state index contributed by atoms with van der Waals surface area (Å²) in [6.07, 6.45) is 0.736. The normalized spacial score (nSPS) is 12.4. The van der Waals surface area contributed by atoms with Gasteiger partial charge in [-0.3, -0.25) is 14.4 Å². The van der Waals surface area contributed by atoms with E-state index in [1.807, 2.05) is 23.6 Å². The van der Waals surface area contributed by atoms with Gasteiger partial charge in [-0.25, -0.2) is 0 Å². The lowest BCUT2D eigenvalue weighted by Gasteiger charge is -2.15. The molecule has 0 saturated heterocycles. The number of anilines is 3. The third-order valence-corrected chi connectivity index (χ3v) is 5.61. The van der Waals surface area contributed by atoms with Crippen LogP contribution in [0.25, 0.3) is 0 Å².